The Hall–Kier alpha value is -4.44. The molecule has 0 saturated carbocycles. The van der Waals surface area contributed by atoms with Crippen molar-refractivity contribution in [2.75, 3.05) is 0 Å². The molecule has 2 aromatic heterocycles. The molecule has 3 N–H and O–H groups in total. The van der Waals surface area contributed by atoms with E-state index in [4.69, 9.17) is 20.6 Å². The summed E-state index contributed by atoms with van der Waals surface area (Å²) in [4.78, 5) is 19.4. The summed E-state index contributed by atoms with van der Waals surface area (Å²) < 4.78 is 0. The number of ketones is 1. The Morgan fingerprint density at radius 2 is 1.10 bits per heavy atom. The third kappa shape index (κ3) is 10.6. The summed E-state index contributed by atoms with van der Waals surface area (Å²) in [5, 5.41) is 33.3. The molecule has 7 nitrogen and oxygen atoms in total. The van der Waals surface area contributed by atoms with Crippen LogP contribution in [-0.4, -0.2) is 31.1 Å². The number of phenolic OH excluding ortho intramolecular Hbond substituents is 3. The maximum atomic E-state index is 11.6. The number of benzene rings is 1. The summed E-state index contributed by atoms with van der Waals surface area (Å²) in [6, 6.07) is 12.5. The number of carbonyl (C=O) groups is 1. The minimum Gasteiger partial charge on any atom is -0.508 e. The van der Waals surface area contributed by atoms with Gasteiger partial charge in [-0.3, -0.25) is 14.8 Å². The van der Waals surface area contributed by atoms with E-state index < -0.39 is 0 Å². The van der Waals surface area contributed by atoms with Crippen LogP contribution in [0.2, 0.25) is 0 Å². The lowest BCUT2D eigenvalue weighted by Crippen LogP contribution is -1.85. The van der Waals surface area contributed by atoms with Crippen molar-refractivity contribution < 1.29 is 20.1 Å². The van der Waals surface area contributed by atoms with Gasteiger partial charge in [-0.15, -0.1) is 0 Å². The standard InChI is InChI=1S/C15H12N2O.C6H6O3.C2H3N/c18-15(3-1-13-5-9-16-10-6-13)4-2-14-7-11-17-12-8-14;7-4-1-5(8)3-6(9)2-4;1-2-3/h1-12H;1-3,7-9H;1H3/b3-1+,4-2+;;. The number of rotatable bonds is 4. The van der Waals surface area contributed by atoms with Crippen LogP contribution in [0.5, 0.6) is 17.2 Å². The lowest BCUT2D eigenvalue weighted by atomic mass is 10.2. The third-order valence-electron chi connectivity index (χ3n) is 3.18. The fourth-order valence-electron chi connectivity index (χ4n) is 1.94. The molecule has 7 heteroatoms. The largest absolute Gasteiger partial charge is 0.508 e. The molecule has 3 rings (SSSR count). The normalized spacial score (nSPS) is 9.73. The average molecular weight is 403 g/mol. The van der Waals surface area contributed by atoms with E-state index in [1.165, 1.54) is 19.1 Å². The van der Waals surface area contributed by atoms with Crippen LogP contribution in [0.4, 0.5) is 0 Å². The number of hydrogen-bond donors (Lipinski definition) is 3. The zero-order chi connectivity index (χ0) is 22.2. The number of carbonyl (C=O) groups excluding carboxylic acids is 1. The molecule has 3 aromatic rings. The molecule has 0 amide bonds. The van der Waals surface area contributed by atoms with Crippen LogP contribution in [-0.2, 0) is 4.79 Å². The van der Waals surface area contributed by atoms with Crippen LogP contribution < -0.4 is 0 Å². The highest BCUT2D eigenvalue weighted by Gasteiger charge is 1.94. The van der Waals surface area contributed by atoms with Crippen LogP contribution in [0.15, 0.2) is 79.4 Å². The fraction of sp³-hybridized carbons (Fsp3) is 0.0435. The van der Waals surface area contributed by atoms with Gasteiger partial charge in [0.25, 0.3) is 0 Å². The first kappa shape index (κ1) is 23.6. The second-order valence-electron chi connectivity index (χ2n) is 5.56. The number of pyridine rings is 2. The molecule has 0 spiro atoms. The highest BCUT2D eigenvalue weighted by molar-refractivity contribution is 6.04. The van der Waals surface area contributed by atoms with Crippen molar-refractivity contribution in [1.82, 2.24) is 9.97 Å². The van der Waals surface area contributed by atoms with E-state index in [-0.39, 0.29) is 23.0 Å². The van der Waals surface area contributed by atoms with Gasteiger partial charge in [-0.1, -0.05) is 12.2 Å². The molecule has 0 aliphatic rings. The van der Waals surface area contributed by atoms with Crippen molar-refractivity contribution in [3.63, 3.8) is 0 Å². The first-order chi connectivity index (χ1) is 14.4. The minimum absolute atomic E-state index is 0.0522. The Kier molecular flexibility index (Phi) is 10.8. The summed E-state index contributed by atoms with van der Waals surface area (Å²) in [6.45, 7) is 1.43. The molecule has 0 saturated heterocycles. The number of phenols is 3. The van der Waals surface area contributed by atoms with E-state index in [0.717, 1.165) is 29.3 Å². The molecule has 0 bridgehead atoms. The van der Waals surface area contributed by atoms with Crippen molar-refractivity contribution in [1.29, 1.82) is 5.26 Å². The predicted octanol–water partition coefficient (Wildman–Crippen LogP) is 4.11. The molecular formula is C23H21N3O4. The van der Waals surface area contributed by atoms with Crippen molar-refractivity contribution in [2.45, 2.75) is 6.92 Å². The van der Waals surface area contributed by atoms with E-state index >= 15 is 0 Å². The summed E-state index contributed by atoms with van der Waals surface area (Å²) in [6.07, 6.45) is 13.4. The van der Waals surface area contributed by atoms with Crippen LogP contribution in [0, 0.1) is 11.3 Å². The predicted molar refractivity (Wildman–Crippen MR) is 114 cm³/mol. The maximum absolute atomic E-state index is 11.6. The Balaban J connectivity index is 0.000000313. The van der Waals surface area contributed by atoms with Gasteiger partial charge >= 0.3 is 0 Å². The van der Waals surface area contributed by atoms with Crippen LogP contribution in [0.1, 0.15) is 18.1 Å². The van der Waals surface area contributed by atoms with Gasteiger partial charge < -0.3 is 15.3 Å². The van der Waals surface area contributed by atoms with Gasteiger partial charge in [0.05, 0.1) is 6.07 Å². The molecule has 1 aromatic carbocycles. The molecule has 0 aliphatic heterocycles. The zero-order valence-electron chi connectivity index (χ0n) is 16.3. The van der Waals surface area contributed by atoms with Crippen molar-refractivity contribution in [2.24, 2.45) is 0 Å². The molecule has 0 aliphatic carbocycles. The topological polar surface area (TPSA) is 127 Å². The van der Waals surface area contributed by atoms with Gasteiger partial charge in [0, 0.05) is 49.9 Å². The summed E-state index contributed by atoms with van der Waals surface area (Å²) in [5.74, 6) is -0.490. The second-order valence-corrected chi connectivity index (χ2v) is 5.56. The zero-order valence-corrected chi connectivity index (χ0v) is 16.3. The SMILES string of the molecule is CC#N.O=C(/C=C/c1ccncc1)/C=C/c1ccncc1.Oc1cc(O)cc(O)c1. The van der Waals surface area contributed by atoms with Gasteiger partial charge in [0.15, 0.2) is 5.78 Å². The molecule has 0 radical (unpaired) electrons. The summed E-state index contributed by atoms with van der Waals surface area (Å²) >= 11 is 0. The second kappa shape index (κ2) is 13.7. The Bertz CT molecular complexity index is 910. The average Bonchev–Trinajstić information content (AvgIpc) is 2.72. The molecule has 2 heterocycles. The van der Waals surface area contributed by atoms with Crippen LogP contribution >= 0.6 is 0 Å². The number of aromatic hydroxyl groups is 3. The fourth-order valence-corrected chi connectivity index (χ4v) is 1.94. The Morgan fingerprint density at radius 3 is 1.40 bits per heavy atom. The number of hydrogen-bond acceptors (Lipinski definition) is 7. The first-order valence-electron chi connectivity index (χ1n) is 8.67. The number of allylic oxidation sites excluding steroid dienone is 2. The number of nitrogens with zero attached hydrogens (tertiary/aromatic N) is 3. The molecule has 0 atom stereocenters. The maximum Gasteiger partial charge on any atom is 0.178 e. The Morgan fingerprint density at radius 1 is 0.800 bits per heavy atom. The van der Waals surface area contributed by atoms with Gasteiger partial charge in [0.2, 0.25) is 0 Å². The molecule has 152 valence electrons. The van der Waals surface area contributed by atoms with Crippen molar-refractivity contribution in [3.05, 3.63) is 90.5 Å². The summed E-state index contributed by atoms with van der Waals surface area (Å²) in [5.41, 5.74) is 1.91. The van der Waals surface area contributed by atoms with Crippen molar-refractivity contribution >= 4 is 17.9 Å². The molecular weight excluding hydrogens is 382 g/mol. The molecule has 0 unspecified atom stereocenters. The Labute approximate surface area is 174 Å². The van der Waals surface area contributed by atoms with Gasteiger partial charge in [-0.2, -0.15) is 5.26 Å². The van der Waals surface area contributed by atoms with E-state index in [2.05, 4.69) is 9.97 Å². The van der Waals surface area contributed by atoms with Crippen LogP contribution in [0.3, 0.4) is 0 Å². The van der Waals surface area contributed by atoms with E-state index in [9.17, 15) is 4.79 Å². The monoisotopic (exact) mass is 403 g/mol. The lowest BCUT2D eigenvalue weighted by molar-refractivity contribution is -0.110. The molecule has 30 heavy (non-hydrogen) atoms. The van der Waals surface area contributed by atoms with Crippen molar-refractivity contribution in [3.8, 4) is 23.3 Å². The van der Waals surface area contributed by atoms with Gasteiger partial charge in [-0.05, 0) is 47.5 Å². The van der Waals surface area contributed by atoms with E-state index in [1.807, 2.05) is 24.3 Å². The number of nitriles is 1. The summed E-state index contributed by atoms with van der Waals surface area (Å²) in [7, 11) is 0. The van der Waals surface area contributed by atoms with Gasteiger partial charge in [0.1, 0.15) is 17.2 Å². The van der Waals surface area contributed by atoms with E-state index in [0.29, 0.717) is 0 Å². The highest BCUT2D eigenvalue weighted by atomic mass is 16.3. The van der Waals surface area contributed by atoms with E-state index in [1.54, 1.807) is 43.0 Å². The molecule has 0 fully saturated rings. The lowest BCUT2D eigenvalue weighted by Gasteiger charge is -1.94. The smallest absolute Gasteiger partial charge is 0.178 e. The van der Waals surface area contributed by atoms with Crippen LogP contribution in [0.25, 0.3) is 12.2 Å². The first-order valence-corrected chi connectivity index (χ1v) is 8.67. The minimum atomic E-state index is -0.146. The third-order valence-corrected chi connectivity index (χ3v) is 3.18. The van der Waals surface area contributed by atoms with Gasteiger partial charge in [-0.25, -0.2) is 0 Å². The number of aromatic nitrogens is 2. The quantitative estimate of drug-likeness (QED) is 0.559. The highest BCUT2D eigenvalue weighted by Crippen LogP contribution is 2.23.